The van der Waals surface area contributed by atoms with E-state index in [1.165, 1.54) is 6.33 Å². The Morgan fingerprint density at radius 3 is 2.09 bits per heavy atom. The van der Waals surface area contributed by atoms with Crippen LogP contribution in [0.4, 0.5) is 23.0 Å². The monoisotopic (exact) mass is 441 g/mol. The number of hydrogen-bond acceptors (Lipinski definition) is 7. The normalized spacial score (nSPS) is 10.6. The maximum Gasteiger partial charge on any atom is 0.353 e. The van der Waals surface area contributed by atoms with Gasteiger partial charge in [-0.2, -0.15) is 0 Å². The van der Waals surface area contributed by atoms with Gasteiger partial charge in [0.05, 0.1) is 23.8 Å². The summed E-state index contributed by atoms with van der Waals surface area (Å²) in [5, 5.41) is 18.4. The summed E-state index contributed by atoms with van der Waals surface area (Å²) in [7, 11) is 1.54. The minimum absolute atomic E-state index is 0.0706. The second kappa shape index (κ2) is 9.78. The molecule has 8 nitrogen and oxygen atoms in total. The first-order valence-electron chi connectivity index (χ1n) is 10.3. The van der Waals surface area contributed by atoms with Crippen molar-refractivity contribution in [2.24, 2.45) is 0 Å². The topological polar surface area (TPSA) is 102 Å². The van der Waals surface area contributed by atoms with E-state index < -0.39 is 4.92 Å². The van der Waals surface area contributed by atoms with E-state index in [-0.39, 0.29) is 23.4 Å². The summed E-state index contributed by atoms with van der Waals surface area (Å²) < 4.78 is 5.39. The zero-order valence-electron chi connectivity index (χ0n) is 18.2. The number of aromatic nitrogens is 2. The van der Waals surface area contributed by atoms with Crippen molar-refractivity contribution >= 4 is 23.0 Å². The van der Waals surface area contributed by atoms with Gasteiger partial charge in [-0.3, -0.25) is 10.1 Å². The van der Waals surface area contributed by atoms with E-state index in [4.69, 9.17) is 4.74 Å². The van der Waals surface area contributed by atoms with E-state index in [0.29, 0.717) is 11.4 Å². The molecular formula is C25H23N5O3. The lowest BCUT2D eigenvalue weighted by Crippen LogP contribution is -2.15. The van der Waals surface area contributed by atoms with Crippen LogP contribution in [-0.4, -0.2) is 22.0 Å². The molecule has 3 aromatic carbocycles. The van der Waals surface area contributed by atoms with Crippen molar-refractivity contribution in [2.45, 2.75) is 13.0 Å². The highest BCUT2D eigenvalue weighted by atomic mass is 16.6. The molecule has 8 heteroatoms. The molecule has 0 bridgehead atoms. The van der Waals surface area contributed by atoms with E-state index in [9.17, 15) is 10.1 Å². The highest BCUT2D eigenvalue weighted by Gasteiger charge is 2.26. The van der Waals surface area contributed by atoms with E-state index in [1.807, 2.05) is 79.7 Å². The predicted molar refractivity (Wildman–Crippen MR) is 128 cm³/mol. The van der Waals surface area contributed by atoms with Crippen molar-refractivity contribution in [1.29, 1.82) is 0 Å². The van der Waals surface area contributed by atoms with Crippen molar-refractivity contribution in [2.75, 3.05) is 17.7 Å². The van der Waals surface area contributed by atoms with Gasteiger partial charge in [-0.15, -0.1) is 0 Å². The number of aryl methyl sites for hydroxylation is 1. The molecule has 1 aromatic heterocycles. The molecule has 0 fully saturated rings. The van der Waals surface area contributed by atoms with Crippen molar-refractivity contribution in [3.8, 4) is 5.75 Å². The Morgan fingerprint density at radius 1 is 0.909 bits per heavy atom. The van der Waals surface area contributed by atoms with Crippen LogP contribution in [0.2, 0.25) is 0 Å². The van der Waals surface area contributed by atoms with Gasteiger partial charge in [0.1, 0.15) is 12.1 Å². The molecule has 0 amide bonds. The zero-order chi connectivity index (χ0) is 23.2. The molecule has 0 unspecified atom stereocenters. The summed E-state index contributed by atoms with van der Waals surface area (Å²) in [5.41, 5.74) is 3.20. The Hall–Kier alpha value is -4.46. The Kier molecular flexibility index (Phi) is 6.45. The highest BCUT2D eigenvalue weighted by molar-refractivity contribution is 5.76. The van der Waals surface area contributed by atoms with E-state index >= 15 is 0 Å². The van der Waals surface area contributed by atoms with Gasteiger partial charge in [-0.1, -0.05) is 66.7 Å². The van der Waals surface area contributed by atoms with E-state index in [0.717, 1.165) is 16.7 Å². The summed E-state index contributed by atoms with van der Waals surface area (Å²) in [6.45, 7) is 1.93. The number of nitrogens with zero attached hydrogens (tertiary/aromatic N) is 3. The minimum Gasteiger partial charge on any atom is -0.495 e. The van der Waals surface area contributed by atoms with Crippen LogP contribution in [0.1, 0.15) is 22.7 Å². The molecule has 0 spiro atoms. The van der Waals surface area contributed by atoms with Crippen LogP contribution in [0.25, 0.3) is 0 Å². The Morgan fingerprint density at radius 2 is 1.52 bits per heavy atom. The average molecular weight is 441 g/mol. The molecule has 0 radical (unpaired) electrons. The number of ether oxygens (including phenoxy) is 1. The summed E-state index contributed by atoms with van der Waals surface area (Å²) in [5.74, 6) is 0.734. The largest absolute Gasteiger partial charge is 0.495 e. The van der Waals surface area contributed by atoms with Crippen LogP contribution in [0.3, 0.4) is 0 Å². The number of nitrogens with one attached hydrogen (secondary N) is 2. The third-order valence-electron chi connectivity index (χ3n) is 5.16. The number of hydrogen-bond donors (Lipinski definition) is 2. The summed E-state index contributed by atoms with van der Waals surface area (Å²) in [4.78, 5) is 20.0. The maximum absolute atomic E-state index is 12.1. The van der Waals surface area contributed by atoms with Gasteiger partial charge < -0.3 is 15.4 Å². The first kappa shape index (κ1) is 21.8. The average Bonchev–Trinajstić information content (AvgIpc) is 2.83. The van der Waals surface area contributed by atoms with Gasteiger partial charge in [0.15, 0.2) is 0 Å². The van der Waals surface area contributed by atoms with Crippen LogP contribution in [0, 0.1) is 17.0 Å². The molecule has 4 aromatic rings. The molecule has 4 rings (SSSR count). The van der Waals surface area contributed by atoms with Crippen LogP contribution in [0.5, 0.6) is 5.75 Å². The molecule has 2 N–H and O–H groups in total. The fourth-order valence-electron chi connectivity index (χ4n) is 3.58. The fourth-order valence-corrected chi connectivity index (χ4v) is 3.58. The Bertz CT molecular complexity index is 1210. The van der Waals surface area contributed by atoms with Gasteiger partial charge in [0, 0.05) is 0 Å². The van der Waals surface area contributed by atoms with Crippen molar-refractivity contribution in [1.82, 2.24) is 9.97 Å². The second-order valence-electron chi connectivity index (χ2n) is 7.40. The van der Waals surface area contributed by atoms with Gasteiger partial charge in [-0.25, -0.2) is 9.97 Å². The van der Waals surface area contributed by atoms with Crippen molar-refractivity contribution in [3.05, 3.63) is 112 Å². The van der Waals surface area contributed by atoms with Crippen molar-refractivity contribution in [3.63, 3.8) is 0 Å². The number of rotatable bonds is 8. The lowest BCUT2D eigenvalue weighted by Gasteiger charge is -2.21. The maximum atomic E-state index is 12.1. The molecule has 0 saturated carbocycles. The van der Waals surface area contributed by atoms with Gasteiger partial charge in [0.25, 0.3) is 0 Å². The lowest BCUT2D eigenvalue weighted by molar-refractivity contribution is -0.383. The Balaban J connectivity index is 1.76. The van der Waals surface area contributed by atoms with E-state index in [2.05, 4.69) is 20.6 Å². The first-order chi connectivity index (χ1) is 16.1. The van der Waals surface area contributed by atoms with E-state index in [1.54, 1.807) is 13.2 Å². The molecule has 0 aliphatic rings. The molecule has 166 valence electrons. The number of methoxy groups -OCH3 is 1. The smallest absolute Gasteiger partial charge is 0.353 e. The molecule has 0 atom stereocenters. The quantitative estimate of drug-likeness (QED) is 0.269. The summed E-state index contributed by atoms with van der Waals surface area (Å²) >= 11 is 0. The molecule has 1 heterocycles. The van der Waals surface area contributed by atoms with Gasteiger partial charge >= 0.3 is 5.69 Å². The third kappa shape index (κ3) is 4.90. The predicted octanol–water partition coefficient (Wildman–Crippen LogP) is 5.65. The summed E-state index contributed by atoms with van der Waals surface area (Å²) in [6, 6.07) is 24.6. The van der Waals surface area contributed by atoms with Gasteiger partial charge in [-0.05, 0) is 35.7 Å². The second-order valence-corrected chi connectivity index (χ2v) is 7.40. The lowest BCUT2D eigenvalue weighted by atomic mass is 9.99. The highest BCUT2D eigenvalue weighted by Crippen LogP contribution is 2.37. The first-order valence-corrected chi connectivity index (χ1v) is 10.3. The molecule has 33 heavy (non-hydrogen) atoms. The number of nitro groups is 1. The Labute approximate surface area is 191 Å². The molecule has 0 aliphatic heterocycles. The number of anilines is 3. The third-order valence-corrected chi connectivity index (χ3v) is 5.16. The van der Waals surface area contributed by atoms with Crippen molar-refractivity contribution < 1.29 is 9.66 Å². The molecule has 0 aliphatic carbocycles. The standard InChI is InChI=1S/C25H23N5O3/c1-17-13-14-21(33-2)20(15-17)28-24-23(30(31)32)25(27-16-26-24)29-22(18-9-5-3-6-10-18)19-11-7-4-8-12-19/h3-16,22H,1-2H3,(H2,26,27,28,29). The van der Waals surface area contributed by atoms with Gasteiger partial charge in [0.2, 0.25) is 11.6 Å². The molecular weight excluding hydrogens is 418 g/mol. The molecule has 0 saturated heterocycles. The zero-order valence-corrected chi connectivity index (χ0v) is 18.2. The van der Waals surface area contributed by atoms with Crippen LogP contribution in [0.15, 0.2) is 85.2 Å². The van der Waals surface area contributed by atoms with Crippen LogP contribution < -0.4 is 15.4 Å². The SMILES string of the molecule is COc1ccc(C)cc1Nc1ncnc(NC(c2ccccc2)c2ccccc2)c1[N+](=O)[O-]. The van der Waals surface area contributed by atoms with Crippen LogP contribution >= 0.6 is 0 Å². The summed E-state index contributed by atoms with van der Waals surface area (Å²) in [6.07, 6.45) is 1.30. The minimum atomic E-state index is -0.486. The number of benzene rings is 3. The van der Waals surface area contributed by atoms with Crippen LogP contribution in [-0.2, 0) is 0 Å². The fraction of sp³-hybridized carbons (Fsp3) is 0.120.